The van der Waals surface area contributed by atoms with Gasteiger partial charge in [-0.15, -0.1) is 0 Å². The molecule has 0 radical (unpaired) electrons. The van der Waals surface area contributed by atoms with Crippen LogP contribution in [0.1, 0.15) is 57.4 Å². The molecule has 2 fully saturated rings. The Labute approximate surface area is 184 Å². The van der Waals surface area contributed by atoms with Gasteiger partial charge in [-0.1, -0.05) is 18.9 Å². The number of esters is 1. The second-order valence-corrected chi connectivity index (χ2v) is 8.93. The molecule has 1 aromatic rings. The molecular weight excluding hydrogens is 396 g/mol. The topological polar surface area (TPSA) is 77.1 Å². The zero-order chi connectivity index (χ0) is 21.7. The molecule has 170 valence electrons. The monoisotopic (exact) mass is 430 g/mol. The van der Waals surface area contributed by atoms with Crippen molar-refractivity contribution in [3.05, 3.63) is 23.8 Å². The van der Waals surface area contributed by atoms with E-state index in [0.717, 1.165) is 49.3 Å². The number of nitrogens with zero attached hydrogens (tertiary/aromatic N) is 1. The Bertz CT molecular complexity index is 786. The predicted octanol–water partition coefficient (Wildman–Crippen LogP) is 3.01. The third kappa shape index (κ3) is 5.70. The van der Waals surface area contributed by atoms with Crippen molar-refractivity contribution in [2.75, 3.05) is 39.5 Å². The first-order valence-electron chi connectivity index (χ1n) is 11.7. The van der Waals surface area contributed by atoms with Gasteiger partial charge in [-0.3, -0.25) is 14.5 Å². The van der Waals surface area contributed by atoms with E-state index in [9.17, 15) is 9.59 Å². The molecule has 0 aromatic heterocycles. The Morgan fingerprint density at radius 3 is 2.61 bits per heavy atom. The summed E-state index contributed by atoms with van der Waals surface area (Å²) in [4.78, 5) is 27.0. The quantitative estimate of drug-likeness (QED) is 0.575. The smallest absolute Gasteiger partial charge is 0.307 e. The Kier molecular flexibility index (Phi) is 7.00. The van der Waals surface area contributed by atoms with Crippen molar-refractivity contribution in [1.82, 2.24) is 10.2 Å². The van der Waals surface area contributed by atoms with Gasteiger partial charge in [0.25, 0.3) is 0 Å². The first-order valence-corrected chi connectivity index (χ1v) is 11.7. The molecule has 0 unspecified atom stereocenters. The molecule has 1 amide bonds. The minimum atomic E-state index is -0.362. The van der Waals surface area contributed by atoms with Gasteiger partial charge in [-0.05, 0) is 56.2 Å². The standard InChI is InChI=1S/C24H34N2O5/c1-2-29-23(28)9-12-26(16-18-5-6-18)17-22(27)25-24(10-3-4-11-24)19-7-8-20-21(15-19)31-14-13-30-20/h7-8,15,18H,2-6,9-14,16-17H2,1H3,(H,25,27). The molecule has 1 aromatic carbocycles. The molecule has 3 aliphatic rings. The average Bonchev–Trinajstić information content (AvgIpc) is 3.46. The van der Waals surface area contributed by atoms with E-state index < -0.39 is 0 Å². The van der Waals surface area contributed by atoms with Crippen LogP contribution in [-0.4, -0.2) is 56.2 Å². The summed E-state index contributed by atoms with van der Waals surface area (Å²) in [6, 6.07) is 6.04. The summed E-state index contributed by atoms with van der Waals surface area (Å²) < 4.78 is 16.5. The first kappa shape index (κ1) is 21.9. The van der Waals surface area contributed by atoms with Crippen LogP contribution in [0, 0.1) is 5.92 Å². The zero-order valence-corrected chi connectivity index (χ0v) is 18.5. The first-order chi connectivity index (χ1) is 15.1. The molecule has 0 atom stereocenters. The Morgan fingerprint density at radius 1 is 1.16 bits per heavy atom. The lowest BCUT2D eigenvalue weighted by molar-refractivity contribution is -0.143. The fourth-order valence-electron chi connectivity index (χ4n) is 4.70. The van der Waals surface area contributed by atoms with Crippen molar-refractivity contribution >= 4 is 11.9 Å². The van der Waals surface area contributed by atoms with Gasteiger partial charge in [0, 0.05) is 13.1 Å². The third-order valence-electron chi connectivity index (χ3n) is 6.45. The second kappa shape index (κ2) is 9.90. The molecular formula is C24H34N2O5. The molecule has 0 spiro atoms. The molecule has 0 bridgehead atoms. The van der Waals surface area contributed by atoms with Crippen LogP contribution in [0.4, 0.5) is 0 Å². The van der Waals surface area contributed by atoms with Crippen LogP contribution < -0.4 is 14.8 Å². The second-order valence-electron chi connectivity index (χ2n) is 8.93. The zero-order valence-electron chi connectivity index (χ0n) is 18.5. The number of hydrogen-bond donors (Lipinski definition) is 1. The average molecular weight is 431 g/mol. The fourth-order valence-corrected chi connectivity index (χ4v) is 4.70. The van der Waals surface area contributed by atoms with E-state index in [1.54, 1.807) is 0 Å². The minimum absolute atomic E-state index is 0.0151. The number of ether oxygens (including phenoxy) is 3. The molecule has 2 aliphatic carbocycles. The highest BCUT2D eigenvalue weighted by Gasteiger charge is 2.38. The maximum Gasteiger partial charge on any atom is 0.307 e. The lowest BCUT2D eigenvalue weighted by atomic mass is 9.87. The van der Waals surface area contributed by atoms with Crippen LogP contribution >= 0.6 is 0 Å². The summed E-state index contributed by atoms with van der Waals surface area (Å²) in [6.07, 6.45) is 6.75. The van der Waals surface area contributed by atoms with Crippen LogP contribution in [0.15, 0.2) is 18.2 Å². The molecule has 31 heavy (non-hydrogen) atoms. The van der Waals surface area contributed by atoms with E-state index >= 15 is 0 Å². The third-order valence-corrected chi connectivity index (χ3v) is 6.45. The van der Waals surface area contributed by atoms with Gasteiger partial charge in [0.15, 0.2) is 11.5 Å². The molecule has 7 heteroatoms. The van der Waals surface area contributed by atoms with E-state index in [4.69, 9.17) is 14.2 Å². The van der Waals surface area contributed by atoms with Gasteiger partial charge in [0.1, 0.15) is 13.2 Å². The van der Waals surface area contributed by atoms with Gasteiger partial charge < -0.3 is 19.5 Å². The Balaban J connectivity index is 1.42. The van der Waals surface area contributed by atoms with Crippen molar-refractivity contribution in [3.63, 3.8) is 0 Å². The summed E-state index contributed by atoms with van der Waals surface area (Å²) in [5.41, 5.74) is 0.724. The van der Waals surface area contributed by atoms with Gasteiger partial charge in [-0.2, -0.15) is 0 Å². The van der Waals surface area contributed by atoms with Crippen molar-refractivity contribution in [2.24, 2.45) is 5.92 Å². The van der Waals surface area contributed by atoms with Crippen LogP contribution in [0.3, 0.4) is 0 Å². The van der Waals surface area contributed by atoms with Crippen LogP contribution in [-0.2, 0) is 19.9 Å². The summed E-state index contributed by atoms with van der Waals surface area (Å²) >= 11 is 0. The van der Waals surface area contributed by atoms with E-state index in [1.165, 1.54) is 12.8 Å². The highest BCUT2D eigenvalue weighted by molar-refractivity contribution is 5.79. The van der Waals surface area contributed by atoms with Crippen LogP contribution in [0.5, 0.6) is 11.5 Å². The number of fused-ring (bicyclic) bond motifs is 1. The predicted molar refractivity (Wildman–Crippen MR) is 116 cm³/mol. The van der Waals surface area contributed by atoms with Crippen molar-refractivity contribution < 1.29 is 23.8 Å². The fraction of sp³-hybridized carbons (Fsp3) is 0.667. The van der Waals surface area contributed by atoms with Gasteiger partial charge in [-0.25, -0.2) is 0 Å². The van der Waals surface area contributed by atoms with Crippen molar-refractivity contribution in [3.8, 4) is 11.5 Å². The number of carbonyl (C=O) groups excluding carboxylic acids is 2. The van der Waals surface area contributed by atoms with E-state index in [0.29, 0.717) is 45.2 Å². The molecule has 2 saturated carbocycles. The molecule has 0 saturated heterocycles. The summed E-state index contributed by atoms with van der Waals surface area (Å²) in [5.74, 6) is 1.99. The van der Waals surface area contributed by atoms with Crippen molar-refractivity contribution in [1.29, 1.82) is 0 Å². The number of amides is 1. The largest absolute Gasteiger partial charge is 0.486 e. The lowest BCUT2D eigenvalue weighted by Crippen LogP contribution is -2.48. The van der Waals surface area contributed by atoms with Gasteiger partial charge in [0.05, 0.1) is 25.1 Å². The number of hydrogen-bond acceptors (Lipinski definition) is 6. The van der Waals surface area contributed by atoms with E-state index in [-0.39, 0.29) is 17.4 Å². The SMILES string of the molecule is CCOC(=O)CCN(CC(=O)NC1(c2ccc3c(c2)OCCO3)CCCC1)CC1CC1. The van der Waals surface area contributed by atoms with E-state index in [1.807, 2.05) is 19.1 Å². The Morgan fingerprint density at radius 2 is 1.90 bits per heavy atom. The number of nitrogens with one attached hydrogen (secondary N) is 1. The highest BCUT2D eigenvalue weighted by atomic mass is 16.6. The van der Waals surface area contributed by atoms with Crippen LogP contribution in [0.2, 0.25) is 0 Å². The molecule has 1 N–H and O–H groups in total. The lowest BCUT2D eigenvalue weighted by Gasteiger charge is -2.33. The van der Waals surface area contributed by atoms with Gasteiger partial charge in [0.2, 0.25) is 5.91 Å². The summed E-state index contributed by atoms with van der Waals surface area (Å²) in [5, 5.41) is 3.36. The number of carbonyl (C=O) groups is 2. The Hall–Kier alpha value is -2.28. The minimum Gasteiger partial charge on any atom is -0.486 e. The molecule has 4 rings (SSSR count). The number of rotatable bonds is 10. The molecule has 1 aliphatic heterocycles. The maximum absolute atomic E-state index is 13.1. The highest BCUT2D eigenvalue weighted by Crippen LogP contribution is 2.42. The summed E-state index contributed by atoms with van der Waals surface area (Å²) in [6.45, 7) is 5.04. The van der Waals surface area contributed by atoms with E-state index in [2.05, 4.69) is 16.3 Å². The summed E-state index contributed by atoms with van der Waals surface area (Å²) in [7, 11) is 0. The maximum atomic E-state index is 13.1. The number of benzene rings is 1. The van der Waals surface area contributed by atoms with Crippen molar-refractivity contribution in [2.45, 2.75) is 57.4 Å². The van der Waals surface area contributed by atoms with Gasteiger partial charge >= 0.3 is 5.97 Å². The normalized spacial score (nSPS) is 19.3. The van der Waals surface area contributed by atoms with Crippen LogP contribution in [0.25, 0.3) is 0 Å². The molecule has 7 nitrogen and oxygen atoms in total. The molecule has 1 heterocycles.